The Kier molecular flexibility index (Phi) is 7.09. The predicted octanol–water partition coefficient (Wildman–Crippen LogP) is 4.14. The molecule has 0 aliphatic carbocycles. The van der Waals surface area contributed by atoms with Crippen molar-refractivity contribution in [2.75, 3.05) is 44.1 Å². The van der Waals surface area contributed by atoms with Gasteiger partial charge in [-0.25, -0.2) is 9.59 Å². The number of ether oxygens (including phenoxy) is 2. The smallest absolute Gasteiger partial charge is 0.419 e. The lowest BCUT2D eigenvalue weighted by Crippen LogP contribution is -2.49. The second kappa shape index (κ2) is 10.9. The first kappa shape index (κ1) is 27.4. The van der Waals surface area contributed by atoms with E-state index in [2.05, 4.69) is 15.2 Å². The van der Waals surface area contributed by atoms with Crippen molar-refractivity contribution in [1.82, 2.24) is 14.5 Å². The minimum Gasteiger partial charge on any atom is -0.497 e. The van der Waals surface area contributed by atoms with Gasteiger partial charge in [-0.2, -0.15) is 4.98 Å². The number of oxazole rings is 1. The van der Waals surface area contributed by atoms with Crippen LogP contribution < -0.4 is 25.4 Å². The van der Waals surface area contributed by atoms with Gasteiger partial charge in [0, 0.05) is 55.6 Å². The molecule has 1 fully saturated rings. The zero-order valence-electron chi connectivity index (χ0n) is 24.1. The molecule has 1 saturated heterocycles. The van der Waals surface area contributed by atoms with Gasteiger partial charge in [-0.1, -0.05) is 0 Å². The molecule has 0 unspecified atom stereocenters. The summed E-state index contributed by atoms with van der Waals surface area (Å²) in [6, 6.07) is 12.5. The highest BCUT2D eigenvalue weighted by Crippen LogP contribution is 2.30. The molecule has 0 radical (unpaired) electrons. The number of hydrogen-bond acceptors (Lipinski definition) is 8. The summed E-state index contributed by atoms with van der Waals surface area (Å²) in [5, 5.41) is 3.06. The van der Waals surface area contributed by atoms with Gasteiger partial charge in [-0.05, 0) is 73.7 Å². The topological polar surface area (TPSA) is 119 Å². The summed E-state index contributed by atoms with van der Waals surface area (Å²) in [7, 11) is 4.80. The number of carbonyl (C=O) groups excluding carboxylic acids is 2. The van der Waals surface area contributed by atoms with E-state index in [1.54, 1.807) is 38.4 Å². The van der Waals surface area contributed by atoms with Gasteiger partial charge in [0.2, 0.25) is 5.88 Å². The van der Waals surface area contributed by atoms with E-state index in [1.165, 1.54) is 11.7 Å². The maximum absolute atomic E-state index is 13.6. The van der Waals surface area contributed by atoms with Crippen LogP contribution in [0.5, 0.6) is 11.6 Å². The first-order valence-electron chi connectivity index (χ1n) is 14.0. The SMILES string of the molecule is COc1ccc2c(c1)CCN(C1CCN(c3cc(C(=O)c4cc(C)c5c(c4)oc(=O)n5C)cc(OC)n3)CC1)C(=O)N2. The van der Waals surface area contributed by atoms with E-state index in [9.17, 15) is 14.4 Å². The molecule has 0 saturated carbocycles. The molecule has 2 aliphatic rings. The third-order valence-corrected chi connectivity index (χ3v) is 8.26. The number of aryl methyl sites for hydroxylation is 2. The molecule has 2 aliphatic heterocycles. The number of urea groups is 1. The first-order chi connectivity index (χ1) is 20.2. The highest BCUT2D eigenvalue weighted by molar-refractivity contribution is 6.11. The summed E-state index contributed by atoms with van der Waals surface area (Å²) in [6.45, 7) is 3.81. The molecule has 218 valence electrons. The summed E-state index contributed by atoms with van der Waals surface area (Å²) in [5.74, 6) is 1.05. The van der Waals surface area contributed by atoms with Gasteiger partial charge in [0.25, 0.3) is 0 Å². The Morgan fingerprint density at radius 3 is 2.50 bits per heavy atom. The highest BCUT2D eigenvalue weighted by atomic mass is 16.5. The molecule has 4 aromatic rings. The third kappa shape index (κ3) is 4.95. The summed E-state index contributed by atoms with van der Waals surface area (Å²) in [6.07, 6.45) is 2.27. The normalized spacial score (nSPS) is 15.8. The van der Waals surface area contributed by atoms with E-state index in [1.807, 2.05) is 30.0 Å². The van der Waals surface area contributed by atoms with E-state index in [0.29, 0.717) is 53.6 Å². The Bertz CT molecular complexity index is 1750. The van der Waals surface area contributed by atoms with Gasteiger partial charge in [0.1, 0.15) is 11.6 Å². The van der Waals surface area contributed by atoms with Crippen molar-refractivity contribution in [1.29, 1.82) is 0 Å². The zero-order chi connectivity index (χ0) is 29.5. The fourth-order valence-electron chi connectivity index (χ4n) is 6.01. The number of nitrogens with one attached hydrogen (secondary N) is 1. The van der Waals surface area contributed by atoms with Crippen LogP contribution in [0.1, 0.15) is 39.9 Å². The molecule has 2 aromatic carbocycles. The van der Waals surface area contributed by atoms with Crippen LogP contribution in [0.3, 0.4) is 0 Å². The third-order valence-electron chi connectivity index (χ3n) is 8.26. The average Bonchev–Trinajstić information content (AvgIpc) is 3.19. The predicted molar refractivity (Wildman–Crippen MR) is 158 cm³/mol. The number of anilines is 2. The number of pyridine rings is 1. The number of amides is 2. The second-order valence-electron chi connectivity index (χ2n) is 10.8. The van der Waals surface area contributed by atoms with E-state index in [-0.39, 0.29) is 17.9 Å². The Morgan fingerprint density at radius 1 is 1.00 bits per heavy atom. The quantitative estimate of drug-likeness (QED) is 0.343. The van der Waals surface area contributed by atoms with Crippen LogP contribution in [0, 0.1) is 6.92 Å². The lowest BCUT2D eigenvalue weighted by atomic mass is 10.00. The molecule has 2 aromatic heterocycles. The Hall–Kier alpha value is -4.80. The van der Waals surface area contributed by atoms with Crippen molar-refractivity contribution in [3.05, 3.63) is 75.3 Å². The molecule has 2 amide bonds. The summed E-state index contributed by atoms with van der Waals surface area (Å²) in [5.41, 5.74) is 4.52. The molecule has 4 heterocycles. The summed E-state index contributed by atoms with van der Waals surface area (Å²) in [4.78, 5) is 47.4. The molecule has 11 heteroatoms. The van der Waals surface area contributed by atoms with E-state index in [4.69, 9.17) is 13.9 Å². The number of nitrogens with zero attached hydrogens (tertiary/aromatic N) is 4. The highest BCUT2D eigenvalue weighted by Gasteiger charge is 2.31. The maximum atomic E-state index is 13.6. The van der Waals surface area contributed by atoms with Crippen molar-refractivity contribution in [2.45, 2.75) is 32.2 Å². The van der Waals surface area contributed by atoms with E-state index in [0.717, 1.165) is 41.8 Å². The molecule has 11 nitrogen and oxygen atoms in total. The average molecular weight is 572 g/mol. The number of benzene rings is 2. The van der Waals surface area contributed by atoms with E-state index >= 15 is 0 Å². The van der Waals surface area contributed by atoms with Gasteiger partial charge in [-0.3, -0.25) is 9.36 Å². The minimum atomic E-state index is -0.476. The molecule has 42 heavy (non-hydrogen) atoms. The Morgan fingerprint density at radius 2 is 1.76 bits per heavy atom. The fraction of sp³-hybridized carbons (Fsp3) is 0.355. The first-order valence-corrected chi connectivity index (χ1v) is 14.0. The Labute approximate surface area is 242 Å². The van der Waals surface area contributed by atoms with Gasteiger partial charge in [0.05, 0.1) is 19.7 Å². The Balaban J connectivity index is 1.19. The monoisotopic (exact) mass is 571 g/mol. The van der Waals surface area contributed by atoms with Gasteiger partial charge >= 0.3 is 11.8 Å². The zero-order valence-corrected chi connectivity index (χ0v) is 24.1. The van der Waals surface area contributed by atoms with Gasteiger partial charge in [-0.15, -0.1) is 0 Å². The molecule has 0 atom stereocenters. The van der Waals surface area contributed by atoms with Gasteiger partial charge < -0.3 is 29.0 Å². The molecular weight excluding hydrogens is 538 g/mol. The summed E-state index contributed by atoms with van der Waals surface area (Å²) < 4.78 is 17.6. The minimum absolute atomic E-state index is 0.0828. The lowest BCUT2D eigenvalue weighted by Gasteiger charge is -2.38. The maximum Gasteiger partial charge on any atom is 0.419 e. The number of carbonyl (C=O) groups is 2. The largest absolute Gasteiger partial charge is 0.497 e. The fourth-order valence-corrected chi connectivity index (χ4v) is 6.01. The number of fused-ring (bicyclic) bond motifs is 2. The number of ketones is 1. The van der Waals surface area contributed by atoms with Crippen LogP contribution in [0.15, 0.2) is 51.7 Å². The lowest BCUT2D eigenvalue weighted by molar-refractivity contribution is 0.103. The van der Waals surface area contributed by atoms with Crippen LogP contribution in [-0.4, -0.2) is 66.2 Å². The van der Waals surface area contributed by atoms with Crippen LogP contribution in [0.2, 0.25) is 0 Å². The second-order valence-corrected chi connectivity index (χ2v) is 10.8. The number of hydrogen-bond donors (Lipinski definition) is 1. The number of rotatable bonds is 6. The van der Waals surface area contributed by atoms with Crippen LogP contribution in [0.25, 0.3) is 11.1 Å². The number of methoxy groups -OCH3 is 2. The number of piperidine rings is 1. The molecule has 1 N–H and O–H groups in total. The van der Waals surface area contributed by atoms with E-state index < -0.39 is 5.76 Å². The summed E-state index contributed by atoms with van der Waals surface area (Å²) >= 11 is 0. The molecule has 0 spiro atoms. The van der Waals surface area contributed by atoms with Crippen molar-refractivity contribution in [3.8, 4) is 11.6 Å². The number of aromatic nitrogens is 2. The van der Waals surface area contributed by atoms with Crippen molar-refractivity contribution < 1.29 is 23.5 Å². The van der Waals surface area contributed by atoms with Crippen LogP contribution in [0.4, 0.5) is 16.3 Å². The van der Waals surface area contributed by atoms with Gasteiger partial charge in [0.15, 0.2) is 11.4 Å². The van der Waals surface area contributed by atoms with Crippen molar-refractivity contribution in [2.24, 2.45) is 7.05 Å². The standard InChI is InChI=1S/C31H33N5O6/c1-18-13-20(15-25-28(18)34(2)31(39)42-25)29(37)21-16-26(33-27(17-21)41-4)35-10-8-22(9-11-35)36-12-7-19-14-23(40-3)5-6-24(19)32-30(36)38/h5-6,13-17,22H,7-12H2,1-4H3,(H,32,38). The van der Waals surface area contributed by atoms with Crippen LogP contribution >= 0.6 is 0 Å². The van der Waals surface area contributed by atoms with Crippen molar-refractivity contribution >= 4 is 34.4 Å². The molecule has 6 rings (SSSR count). The molecule has 0 bridgehead atoms. The molecular formula is C31H33N5O6. The van der Waals surface area contributed by atoms with Crippen molar-refractivity contribution in [3.63, 3.8) is 0 Å². The van der Waals surface area contributed by atoms with Crippen LogP contribution in [-0.2, 0) is 13.5 Å².